The SMILES string of the molecule is Cn1cccc1-c1conc1-c1ccccc1. The second-order valence-electron chi connectivity index (χ2n) is 3.95. The Hall–Kier alpha value is -2.29. The fraction of sp³-hybridized carbons (Fsp3) is 0.0714. The highest BCUT2D eigenvalue weighted by atomic mass is 16.5. The normalized spacial score (nSPS) is 10.6. The van der Waals surface area contributed by atoms with Gasteiger partial charge in [0.05, 0.1) is 11.3 Å². The Balaban J connectivity index is 2.16. The Morgan fingerprint density at radius 1 is 1.06 bits per heavy atom. The van der Waals surface area contributed by atoms with E-state index >= 15 is 0 Å². The first kappa shape index (κ1) is 9.90. The minimum Gasteiger partial charge on any atom is -0.363 e. The maximum atomic E-state index is 5.12. The first-order valence-electron chi connectivity index (χ1n) is 5.48. The van der Waals surface area contributed by atoms with Crippen LogP contribution >= 0.6 is 0 Å². The van der Waals surface area contributed by atoms with E-state index in [0.717, 1.165) is 22.5 Å². The van der Waals surface area contributed by atoms with E-state index in [9.17, 15) is 0 Å². The molecule has 2 aromatic heterocycles. The molecule has 0 amide bonds. The van der Waals surface area contributed by atoms with Crippen molar-refractivity contribution in [3.05, 3.63) is 54.9 Å². The van der Waals surface area contributed by atoms with Gasteiger partial charge in [-0.05, 0) is 12.1 Å². The molecule has 0 unspecified atom stereocenters. The summed E-state index contributed by atoms with van der Waals surface area (Å²) < 4.78 is 7.17. The summed E-state index contributed by atoms with van der Waals surface area (Å²) in [4.78, 5) is 0. The number of benzene rings is 1. The maximum Gasteiger partial charge on any atom is 0.133 e. The molecule has 0 aliphatic rings. The fourth-order valence-corrected chi connectivity index (χ4v) is 1.96. The third kappa shape index (κ3) is 1.65. The highest BCUT2D eigenvalue weighted by molar-refractivity contribution is 5.78. The molecule has 0 saturated carbocycles. The van der Waals surface area contributed by atoms with Gasteiger partial charge in [0.25, 0.3) is 0 Å². The molecule has 2 heterocycles. The van der Waals surface area contributed by atoms with Gasteiger partial charge in [0.2, 0.25) is 0 Å². The molecule has 3 heteroatoms. The maximum absolute atomic E-state index is 5.12. The molecule has 0 fully saturated rings. The Morgan fingerprint density at radius 2 is 1.88 bits per heavy atom. The molecule has 84 valence electrons. The van der Waals surface area contributed by atoms with Crippen LogP contribution in [0.4, 0.5) is 0 Å². The summed E-state index contributed by atoms with van der Waals surface area (Å²) >= 11 is 0. The lowest BCUT2D eigenvalue weighted by atomic mass is 10.1. The molecule has 3 aromatic rings. The third-order valence-corrected chi connectivity index (χ3v) is 2.84. The van der Waals surface area contributed by atoms with Crippen molar-refractivity contribution in [2.45, 2.75) is 0 Å². The second-order valence-corrected chi connectivity index (χ2v) is 3.95. The van der Waals surface area contributed by atoms with Crippen molar-refractivity contribution in [2.75, 3.05) is 0 Å². The molecule has 0 radical (unpaired) electrons. The summed E-state index contributed by atoms with van der Waals surface area (Å²) in [6.07, 6.45) is 3.70. The zero-order valence-corrected chi connectivity index (χ0v) is 9.50. The standard InChI is InChI=1S/C14H12N2O/c1-16-9-5-8-13(16)12-10-17-15-14(12)11-6-3-2-4-7-11/h2-10H,1H3. The van der Waals surface area contributed by atoms with Crippen LogP contribution in [0, 0.1) is 0 Å². The van der Waals surface area contributed by atoms with Gasteiger partial charge in [-0.1, -0.05) is 35.5 Å². The number of hydrogen-bond acceptors (Lipinski definition) is 2. The predicted octanol–water partition coefficient (Wildman–Crippen LogP) is 3.35. The van der Waals surface area contributed by atoms with E-state index < -0.39 is 0 Å². The van der Waals surface area contributed by atoms with Crippen molar-refractivity contribution in [1.29, 1.82) is 0 Å². The lowest BCUT2D eigenvalue weighted by Gasteiger charge is -2.02. The van der Waals surface area contributed by atoms with Crippen LogP contribution in [-0.2, 0) is 7.05 Å². The molecule has 0 bridgehead atoms. The van der Waals surface area contributed by atoms with E-state index in [0.29, 0.717) is 0 Å². The van der Waals surface area contributed by atoms with E-state index in [1.165, 1.54) is 0 Å². The average molecular weight is 224 g/mol. The summed E-state index contributed by atoms with van der Waals surface area (Å²) in [5, 5.41) is 4.10. The molecule has 0 atom stereocenters. The lowest BCUT2D eigenvalue weighted by molar-refractivity contribution is 0.422. The predicted molar refractivity (Wildman–Crippen MR) is 66.3 cm³/mol. The minimum atomic E-state index is 0.882. The second kappa shape index (κ2) is 3.94. The average Bonchev–Trinajstić information content (AvgIpc) is 2.98. The molecule has 0 aliphatic heterocycles. The first-order chi connectivity index (χ1) is 8.36. The van der Waals surface area contributed by atoms with Gasteiger partial charge >= 0.3 is 0 Å². The highest BCUT2D eigenvalue weighted by Crippen LogP contribution is 2.30. The summed E-state index contributed by atoms with van der Waals surface area (Å²) in [6, 6.07) is 14.1. The molecular weight excluding hydrogens is 212 g/mol. The van der Waals surface area contributed by atoms with Gasteiger partial charge in [0.15, 0.2) is 0 Å². The topological polar surface area (TPSA) is 31.0 Å². The van der Waals surface area contributed by atoms with Crippen LogP contribution in [-0.4, -0.2) is 9.72 Å². The van der Waals surface area contributed by atoms with Crippen molar-refractivity contribution in [1.82, 2.24) is 9.72 Å². The smallest absolute Gasteiger partial charge is 0.133 e. The summed E-state index contributed by atoms with van der Waals surface area (Å²) in [6.45, 7) is 0. The van der Waals surface area contributed by atoms with Gasteiger partial charge < -0.3 is 9.09 Å². The molecular formula is C14H12N2O. The zero-order chi connectivity index (χ0) is 11.7. The van der Waals surface area contributed by atoms with Crippen molar-refractivity contribution in [3.8, 4) is 22.5 Å². The van der Waals surface area contributed by atoms with Gasteiger partial charge in [-0.2, -0.15) is 0 Å². The fourth-order valence-electron chi connectivity index (χ4n) is 1.96. The third-order valence-electron chi connectivity index (χ3n) is 2.84. The lowest BCUT2D eigenvalue weighted by Crippen LogP contribution is -1.90. The van der Waals surface area contributed by atoms with Crippen LogP contribution in [0.15, 0.2) is 59.4 Å². The van der Waals surface area contributed by atoms with Gasteiger partial charge in [0.1, 0.15) is 12.0 Å². The Morgan fingerprint density at radius 3 is 2.59 bits per heavy atom. The summed E-state index contributed by atoms with van der Waals surface area (Å²) in [5.41, 5.74) is 4.07. The van der Waals surface area contributed by atoms with E-state index in [1.54, 1.807) is 6.26 Å². The molecule has 0 N–H and O–H groups in total. The van der Waals surface area contributed by atoms with Crippen LogP contribution < -0.4 is 0 Å². The van der Waals surface area contributed by atoms with Crippen LogP contribution in [0.3, 0.4) is 0 Å². The Kier molecular flexibility index (Phi) is 2.29. The Bertz CT molecular complexity index is 622. The van der Waals surface area contributed by atoms with Crippen molar-refractivity contribution in [3.63, 3.8) is 0 Å². The largest absolute Gasteiger partial charge is 0.363 e. The zero-order valence-electron chi connectivity index (χ0n) is 9.50. The monoisotopic (exact) mass is 224 g/mol. The molecule has 0 aliphatic carbocycles. The van der Waals surface area contributed by atoms with Crippen LogP contribution in [0.1, 0.15) is 0 Å². The molecule has 3 nitrogen and oxygen atoms in total. The van der Waals surface area contributed by atoms with Crippen molar-refractivity contribution in [2.24, 2.45) is 7.05 Å². The van der Waals surface area contributed by atoms with Gasteiger partial charge in [0, 0.05) is 18.8 Å². The van der Waals surface area contributed by atoms with Crippen molar-refractivity contribution >= 4 is 0 Å². The van der Waals surface area contributed by atoms with Gasteiger partial charge in [-0.15, -0.1) is 0 Å². The highest BCUT2D eigenvalue weighted by Gasteiger charge is 2.13. The minimum absolute atomic E-state index is 0.882. The van der Waals surface area contributed by atoms with E-state index in [4.69, 9.17) is 4.52 Å². The number of aromatic nitrogens is 2. The van der Waals surface area contributed by atoms with Crippen LogP contribution in [0.5, 0.6) is 0 Å². The summed E-state index contributed by atoms with van der Waals surface area (Å²) in [5.74, 6) is 0. The first-order valence-corrected chi connectivity index (χ1v) is 5.48. The number of nitrogens with zero attached hydrogens (tertiary/aromatic N) is 2. The Labute approximate surface area is 99.3 Å². The molecule has 0 spiro atoms. The van der Waals surface area contributed by atoms with E-state index in [-0.39, 0.29) is 0 Å². The quantitative estimate of drug-likeness (QED) is 0.668. The molecule has 1 aromatic carbocycles. The molecule has 17 heavy (non-hydrogen) atoms. The van der Waals surface area contributed by atoms with Crippen LogP contribution in [0.2, 0.25) is 0 Å². The summed E-state index contributed by atoms with van der Waals surface area (Å²) in [7, 11) is 2.01. The van der Waals surface area contributed by atoms with Crippen LogP contribution in [0.25, 0.3) is 22.5 Å². The van der Waals surface area contributed by atoms with Gasteiger partial charge in [-0.25, -0.2) is 0 Å². The number of hydrogen-bond donors (Lipinski definition) is 0. The van der Waals surface area contributed by atoms with Crippen molar-refractivity contribution < 1.29 is 4.52 Å². The number of rotatable bonds is 2. The molecule has 0 saturated heterocycles. The van der Waals surface area contributed by atoms with Gasteiger partial charge in [-0.3, -0.25) is 0 Å². The van der Waals surface area contributed by atoms with E-state index in [1.807, 2.05) is 49.6 Å². The van der Waals surface area contributed by atoms with E-state index in [2.05, 4.69) is 15.8 Å². The molecule has 3 rings (SSSR count). The number of aryl methyl sites for hydroxylation is 1.